The molecule has 1 saturated heterocycles. The maximum absolute atomic E-state index is 7.43. The highest BCUT2D eigenvalue weighted by Crippen LogP contribution is 2.46. The van der Waals surface area contributed by atoms with Crippen LogP contribution in [0.4, 0.5) is 5.82 Å². The molecule has 0 bridgehead atoms. The van der Waals surface area contributed by atoms with Crippen LogP contribution in [0.2, 0.25) is 0 Å². The van der Waals surface area contributed by atoms with E-state index in [2.05, 4.69) is 74.3 Å². The van der Waals surface area contributed by atoms with Gasteiger partial charge >= 0.3 is 0 Å². The summed E-state index contributed by atoms with van der Waals surface area (Å²) >= 11 is 0. The van der Waals surface area contributed by atoms with Gasteiger partial charge in [0.2, 0.25) is 0 Å². The van der Waals surface area contributed by atoms with E-state index in [1.54, 1.807) is 0 Å². The minimum absolute atomic E-state index is 0.0621. The van der Waals surface area contributed by atoms with Gasteiger partial charge in [-0.3, -0.25) is 5.41 Å². The van der Waals surface area contributed by atoms with Crippen molar-refractivity contribution in [3.63, 3.8) is 0 Å². The van der Waals surface area contributed by atoms with Gasteiger partial charge in [-0.15, -0.1) is 0 Å². The summed E-state index contributed by atoms with van der Waals surface area (Å²) < 4.78 is 0. The Morgan fingerprint density at radius 3 is 2.37 bits per heavy atom. The SMILES string of the molecule is CC1(C)CCC(C)(C)c2cc(-c3cccc(N4CCC(NC(=N)N)CC4)n3)ccc21. The molecule has 0 amide bonds. The molecule has 0 unspecified atom stereocenters. The Kier molecular flexibility index (Phi) is 5.25. The molecule has 2 aromatic rings. The molecule has 30 heavy (non-hydrogen) atoms. The van der Waals surface area contributed by atoms with Gasteiger partial charge in [-0.2, -0.15) is 0 Å². The molecule has 5 nitrogen and oxygen atoms in total. The molecule has 0 radical (unpaired) electrons. The van der Waals surface area contributed by atoms with E-state index in [0.717, 1.165) is 37.4 Å². The van der Waals surface area contributed by atoms with Gasteiger partial charge in [-0.05, 0) is 65.8 Å². The van der Waals surface area contributed by atoms with Crippen LogP contribution in [0, 0.1) is 5.41 Å². The van der Waals surface area contributed by atoms with E-state index in [-0.39, 0.29) is 22.8 Å². The third kappa shape index (κ3) is 4.03. The summed E-state index contributed by atoms with van der Waals surface area (Å²) in [6.07, 6.45) is 4.38. The normalized spacial score (nSPS) is 20.5. The first kappa shape index (κ1) is 20.7. The molecule has 5 heteroatoms. The van der Waals surface area contributed by atoms with Crippen molar-refractivity contribution in [3.05, 3.63) is 47.5 Å². The van der Waals surface area contributed by atoms with Crippen molar-refractivity contribution < 1.29 is 0 Å². The number of aromatic nitrogens is 1. The summed E-state index contributed by atoms with van der Waals surface area (Å²) in [6, 6.07) is 13.6. The number of guanidine groups is 1. The Morgan fingerprint density at radius 1 is 1.03 bits per heavy atom. The molecule has 0 spiro atoms. The maximum atomic E-state index is 7.43. The lowest BCUT2D eigenvalue weighted by Gasteiger charge is -2.42. The predicted octanol–water partition coefficient (Wildman–Crippen LogP) is 4.55. The standard InChI is InChI=1S/C25H35N5/c1-24(2)12-13-25(3,4)20-16-17(8-9-19(20)24)21-6-5-7-22(29-21)30-14-10-18(11-15-30)28-23(26)27/h5-9,16,18H,10-15H2,1-4H3,(H4,26,27,28). The number of fused-ring (bicyclic) bond motifs is 1. The minimum atomic E-state index is 0.0621. The fraction of sp³-hybridized carbons (Fsp3) is 0.520. The molecule has 2 aliphatic rings. The average molecular weight is 406 g/mol. The fourth-order valence-electron chi connectivity index (χ4n) is 4.98. The van der Waals surface area contributed by atoms with Crippen molar-refractivity contribution in [3.8, 4) is 11.3 Å². The third-order valence-corrected chi connectivity index (χ3v) is 7.06. The molecule has 2 heterocycles. The van der Waals surface area contributed by atoms with E-state index in [0.29, 0.717) is 0 Å². The summed E-state index contributed by atoms with van der Waals surface area (Å²) in [4.78, 5) is 7.36. The van der Waals surface area contributed by atoms with E-state index >= 15 is 0 Å². The Bertz CT molecular complexity index is 938. The van der Waals surface area contributed by atoms with Crippen LogP contribution >= 0.6 is 0 Å². The summed E-state index contributed by atoms with van der Waals surface area (Å²) in [7, 11) is 0. The third-order valence-electron chi connectivity index (χ3n) is 7.06. The van der Waals surface area contributed by atoms with E-state index < -0.39 is 0 Å². The predicted molar refractivity (Wildman–Crippen MR) is 125 cm³/mol. The van der Waals surface area contributed by atoms with E-state index in [9.17, 15) is 0 Å². The largest absolute Gasteiger partial charge is 0.370 e. The number of benzene rings is 1. The number of piperidine rings is 1. The Hall–Kier alpha value is -2.56. The molecule has 4 rings (SSSR count). The van der Waals surface area contributed by atoms with Gasteiger partial charge in [0.25, 0.3) is 0 Å². The Morgan fingerprint density at radius 2 is 1.70 bits per heavy atom. The lowest BCUT2D eigenvalue weighted by molar-refractivity contribution is 0.332. The Labute approximate surface area is 180 Å². The fourth-order valence-corrected chi connectivity index (χ4v) is 4.98. The number of pyridine rings is 1. The summed E-state index contributed by atoms with van der Waals surface area (Å²) in [6.45, 7) is 11.3. The maximum Gasteiger partial charge on any atom is 0.185 e. The Balaban J connectivity index is 1.59. The van der Waals surface area contributed by atoms with Gasteiger partial charge in [0, 0.05) is 24.7 Å². The number of hydrogen-bond donors (Lipinski definition) is 3. The van der Waals surface area contributed by atoms with Crippen molar-refractivity contribution in [1.29, 1.82) is 5.41 Å². The number of hydrogen-bond acceptors (Lipinski definition) is 3. The van der Waals surface area contributed by atoms with Crippen LogP contribution < -0.4 is 16.0 Å². The topological polar surface area (TPSA) is 78.0 Å². The van der Waals surface area contributed by atoms with E-state index in [4.69, 9.17) is 16.1 Å². The van der Waals surface area contributed by atoms with Crippen LogP contribution in [0.25, 0.3) is 11.3 Å². The smallest absolute Gasteiger partial charge is 0.185 e. The molecule has 1 aliphatic heterocycles. The van der Waals surface area contributed by atoms with Crippen molar-refractivity contribution in [2.24, 2.45) is 5.73 Å². The first-order valence-corrected chi connectivity index (χ1v) is 11.1. The molecular weight excluding hydrogens is 370 g/mol. The van der Waals surface area contributed by atoms with Crippen LogP contribution in [-0.4, -0.2) is 30.1 Å². The summed E-state index contributed by atoms with van der Waals surface area (Å²) in [5.74, 6) is 1.10. The molecule has 4 N–H and O–H groups in total. The second-order valence-electron chi connectivity index (χ2n) is 10.2. The van der Waals surface area contributed by atoms with Gasteiger partial charge in [0.1, 0.15) is 5.82 Å². The zero-order valence-electron chi connectivity index (χ0n) is 18.8. The molecular formula is C25H35N5. The highest BCUT2D eigenvalue weighted by Gasteiger charge is 2.37. The quantitative estimate of drug-likeness (QED) is 0.517. The van der Waals surface area contributed by atoms with Gasteiger partial charge in [-0.25, -0.2) is 4.98 Å². The highest BCUT2D eigenvalue weighted by molar-refractivity contribution is 5.74. The molecule has 1 aromatic carbocycles. The van der Waals surface area contributed by atoms with E-state index in [1.165, 1.54) is 29.5 Å². The molecule has 0 saturated carbocycles. The van der Waals surface area contributed by atoms with Crippen molar-refractivity contribution in [2.75, 3.05) is 18.0 Å². The van der Waals surface area contributed by atoms with Crippen molar-refractivity contribution >= 4 is 11.8 Å². The molecule has 160 valence electrons. The van der Waals surface area contributed by atoms with Gasteiger partial charge in [0.15, 0.2) is 5.96 Å². The van der Waals surface area contributed by atoms with E-state index in [1.807, 2.05) is 0 Å². The van der Waals surface area contributed by atoms with Crippen molar-refractivity contribution in [2.45, 2.75) is 70.3 Å². The lowest BCUT2D eigenvalue weighted by Crippen LogP contribution is -2.46. The van der Waals surface area contributed by atoms with Gasteiger partial charge in [0.05, 0.1) is 5.69 Å². The number of nitrogens with one attached hydrogen (secondary N) is 2. The van der Waals surface area contributed by atoms with Crippen molar-refractivity contribution in [1.82, 2.24) is 10.3 Å². The zero-order chi connectivity index (χ0) is 21.5. The molecule has 1 aliphatic carbocycles. The van der Waals surface area contributed by atoms with Crippen LogP contribution in [0.3, 0.4) is 0 Å². The first-order valence-electron chi connectivity index (χ1n) is 11.1. The number of nitrogens with two attached hydrogens (primary N) is 1. The number of anilines is 1. The van der Waals surface area contributed by atoms with Gasteiger partial charge in [-0.1, -0.05) is 45.9 Å². The monoisotopic (exact) mass is 405 g/mol. The second-order valence-corrected chi connectivity index (χ2v) is 10.2. The number of rotatable bonds is 3. The van der Waals surface area contributed by atoms with Crippen LogP contribution in [0.1, 0.15) is 64.5 Å². The minimum Gasteiger partial charge on any atom is -0.370 e. The number of nitrogens with zero attached hydrogens (tertiary/aromatic N) is 2. The van der Waals surface area contributed by atoms with Gasteiger partial charge < -0.3 is 16.0 Å². The lowest BCUT2D eigenvalue weighted by atomic mass is 9.63. The molecule has 1 fully saturated rings. The van der Waals surface area contributed by atoms with Crippen LogP contribution in [0.15, 0.2) is 36.4 Å². The highest BCUT2D eigenvalue weighted by atomic mass is 15.2. The zero-order valence-corrected chi connectivity index (χ0v) is 18.8. The molecule has 0 atom stereocenters. The van der Waals surface area contributed by atoms with Crippen LogP contribution in [0.5, 0.6) is 0 Å². The molecule has 1 aromatic heterocycles. The van der Waals surface area contributed by atoms with Crippen LogP contribution in [-0.2, 0) is 10.8 Å². The first-order chi connectivity index (χ1) is 14.2. The second kappa shape index (κ2) is 7.60. The summed E-state index contributed by atoms with van der Waals surface area (Å²) in [5, 5.41) is 10.5. The average Bonchev–Trinajstić information content (AvgIpc) is 2.71. The summed E-state index contributed by atoms with van der Waals surface area (Å²) in [5.41, 5.74) is 11.1.